The van der Waals surface area contributed by atoms with E-state index >= 15 is 0 Å². The smallest absolute Gasteiger partial charge is 0.254 e. The van der Waals surface area contributed by atoms with Crippen molar-refractivity contribution < 1.29 is 9.26 Å². The van der Waals surface area contributed by atoms with Gasteiger partial charge in [0.05, 0.1) is 0 Å². The molecule has 0 unspecified atom stereocenters. The first-order valence-corrected chi connectivity index (χ1v) is 5.55. The lowest BCUT2D eigenvalue weighted by atomic mass is 10.2. The van der Waals surface area contributed by atoms with Crippen LogP contribution in [0.25, 0.3) is 11.3 Å². The lowest BCUT2D eigenvalue weighted by Gasteiger charge is -2.08. The fourth-order valence-corrected chi connectivity index (χ4v) is 1.40. The second-order valence-corrected chi connectivity index (χ2v) is 4.05. The summed E-state index contributed by atoms with van der Waals surface area (Å²) in [6.07, 6.45) is 0. The van der Waals surface area contributed by atoms with Crippen molar-refractivity contribution in [3.63, 3.8) is 0 Å². The van der Waals surface area contributed by atoms with Gasteiger partial charge in [-0.25, -0.2) is 0 Å². The number of hydrogen-bond donors (Lipinski definition) is 0. The number of rotatable bonds is 5. The van der Waals surface area contributed by atoms with E-state index in [1.807, 2.05) is 50.5 Å². The fourth-order valence-electron chi connectivity index (χ4n) is 1.40. The van der Waals surface area contributed by atoms with E-state index in [0.29, 0.717) is 12.5 Å². The van der Waals surface area contributed by atoms with Crippen molar-refractivity contribution in [3.8, 4) is 17.2 Å². The molecule has 0 saturated heterocycles. The van der Waals surface area contributed by atoms with Gasteiger partial charge in [-0.15, -0.1) is 12.4 Å². The van der Waals surface area contributed by atoms with E-state index < -0.39 is 0 Å². The largest absolute Gasteiger partial charge is 0.474 e. The van der Waals surface area contributed by atoms with Crippen LogP contribution in [0.1, 0.15) is 0 Å². The molecule has 0 saturated carbocycles. The molecular formula is C13H17ClN2O2. The molecule has 18 heavy (non-hydrogen) atoms. The molecule has 0 aliphatic heterocycles. The van der Waals surface area contributed by atoms with Crippen LogP contribution >= 0.6 is 12.4 Å². The Kier molecular flexibility index (Phi) is 5.68. The molecule has 0 fully saturated rings. The summed E-state index contributed by atoms with van der Waals surface area (Å²) >= 11 is 0. The van der Waals surface area contributed by atoms with Crippen molar-refractivity contribution in [2.45, 2.75) is 0 Å². The molecule has 2 rings (SSSR count). The number of nitrogens with zero attached hydrogens (tertiary/aromatic N) is 2. The van der Waals surface area contributed by atoms with Gasteiger partial charge < -0.3 is 14.2 Å². The summed E-state index contributed by atoms with van der Waals surface area (Å²) in [5, 5.41) is 3.87. The van der Waals surface area contributed by atoms with Gasteiger partial charge in [0.2, 0.25) is 0 Å². The summed E-state index contributed by atoms with van der Waals surface area (Å²) in [6, 6.07) is 11.7. The van der Waals surface area contributed by atoms with E-state index in [2.05, 4.69) is 10.1 Å². The van der Waals surface area contributed by atoms with Gasteiger partial charge in [0, 0.05) is 18.2 Å². The minimum atomic E-state index is 0. The van der Waals surface area contributed by atoms with Gasteiger partial charge in [-0.2, -0.15) is 0 Å². The van der Waals surface area contributed by atoms with E-state index in [1.165, 1.54) is 0 Å². The van der Waals surface area contributed by atoms with Crippen LogP contribution in [0.15, 0.2) is 40.9 Å². The van der Waals surface area contributed by atoms with Gasteiger partial charge in [-0.1, -0.05) is 30.3 Å². The number of halogens is 1. The molecule has 0 radical (unpaired) electrons. The van der Waals surface area contributed by atoms with Crippen molar-refractivity contribution in [2.24, 2.45) is 0 Å². The minimum Gasteiger partial charge on any atom is -0.474 e. The lowest BCUT2D eigenvalue weighted by Crippen LogP contribution is -2.19. The van der Waals surface area contributed by atoms with Crippen LogP contribution in [0.4, 0.5) is 0 Å². The highest BCUT2D eigenvalue weighted by Crippen LogP contribution is 2.22. The second kappa shape index (κ2) is 7.03. The van der Waals surface area contributed by atoms with Crippen LogP contribution in [0.2, 0.25) is 0 Å². The van der Waals surface area contributed by atoms with Crippen LogP contribution in [0.5, 0.6) is 5.88 Å². The Hall–Kier alpha value is -1.52. The topological polar surface area (TPSA) is 38.5 Å². The van der Waals surface area contributed by atoms with E-state index in [9.17, 15) is 0 Å². The number of ether oxygens (including phenoxy) is 1. The first-order chi connectivity index (χ1) is 8.25. The summed E-state index contributed by atoms with van der Waals surface area (Å²) in [5.74, 6) is 1.26. The van der Waals surface area contributed by atoms with Crippen molar-refractivity contribution in [1.29, 1.82) is 0 Å². The SMILES string of the molecule is CN(C)CCOc1cc(-c2ccccc2)on1.Cl. The van der Waals surface area contributed by atoms with Gasteiger partial charge in [0.25, 0.3) is 5.88 Å². The minimum absolute atomic E-state index is 0. The fraction of sp³-hybridized carbons (Fsp3) is 0.308. The van der Waals surface area contributed by atoms with Gasteiger partial charge >= 0.3 is 0 Å². The zero-order chi connectivity index (χ0) is 12.1. The summed E-state index contributed by atoms with van der Waals surface area (Å²) in [4.78, 5) is 2.05. The Labute approximate surface area is 113 Å². The van der Waals surface area contributed by atoms with Crippen molar-refractivity contribution in [1.82, 2.24) is 10.1 Å². The van der Waals surface area contributed by atoms with Gasteiger partial charge in [-0.05, 0) is 19.3 Å². The summed E-state index contributed by atoms with van der Waals surface area (Å²) < 4.78 is 10.7. The molecule has 1 aromatic carbocycles. The van der Waals surface area contributed by atoms with Gasteiger partial charge in [0.15, 0.2) is 5.76 Å². The number of hydrogen-bond acceptors (Lipinski definition) is 4. The molecule has 0 spiro atoms. The molecular weight excluding hydrogens is 252 g/mol. The Balaban J connectivity index is 0.00000162. The van der Waals surface area contributed by atoms with Crippen LogP contribution in [0, 0.1) is 0 Å². The second-order valence-electron chi connectivity index (χ2n) is 4.05. The maximum absolute atomic E-state index is 5.47. The first kappa shape index (κ1) is 14.5. The standard InChI is InChI=1S/C13H16N2O2.ClH/c1-15(2)8-9-16-13-10-12(17-14-13)11-6-4-3-5-7-11;/h3-7,10H,8-9H2,1-2H3;1H. The van der Waals surface area contributed by atoms with E-state index in [1.54, 1.807) is 0 Å². The molecule has 0 N–H and O–H groups in total. The maximum atomic E-state index is 5.47. The molecule has 0 amide bonds. The van der Waals surface area contributed by atoms with E-state index in [-0.39, 0.29) is 12.4 Å². The van der Waals surface area contributed by atoms with Crippen molar-refractivity contribution in [3.05, 3.63) is 36.4 Å². The molecule has 98 valence electrons. The van der Waals surface area contributed by atoms with E-state index in [4.69, 9.17) is 9.26 Å². The molecule has 4 nitrogen and oxygen atoms in total. The molecule has 0 aliphatic carbocycles. The highest BCUT2D eigenvalue weighted by Gasteiger charge is 2.06. The monoisotopic (exact) mass is 268 g/mol. The maximum Gasteiger partial charge on any atom is 0.254 e. The summed E-state index contributed by atoms with van der Waals surface area (Å²) in [6.45, 7) is 1.46. The number of benzene rings is 1. The number of aromatic nitrogens is 1. The Bertz CT molecular complexity index is 457. The summed E-state index contributed by atoms with van der Waals surface area (Å²) in [5.41, 5.74) is 1.00. The third-order valence-electron chi connectivity index (χ3n) is 2.34. The Morgan fingerprint density at radius 3 is 2.61 bits per heavy atom. The average Bonchev–Trinajstić information content (AvgIpc) is 2.78. The predicted molar refractivity (Wildman–Crippen MR) is 73.2 cm³/mol. The normalized spacial score (nSPS) is 10.2. The van der Waals surface area contributed by atoms with Gasteiger partial charge in [-0.3, -0.25) is 0 Å². The van der Waals surface area contributed by atoms with Crippen LogP contribution in [0.3, 0.4) is 0 Å². The third-order valence-corrected chi connectivity index (χ3v) is 2.34. The third kappa shape index (κ3) is 4.05. The summed E-state index contributed by atoms with van der Waals surface area (Å²) in [7, 11) is 4.00. The van der Waals surface area contributed by atoms with E-state index in [0.717, 1.165) is 17.9 Å². The molecule has 0 atom stereocenters. The Morgan fingerprint density at radius 1 is 1.22 bits per heavy atom. The molecule has 0 aliphatic rings. The Morgan fingerprint density at radius 2 is 1.94 bits per heavy atom. The molecule has 1 aromatic heterocycles. The molecule has 1 heterocycles. The quantitative estimate of drug-likeness (QED) is 0.836. The molecule has 5 heteroatoms. The first-order valence-electron chi connectivity index (χ1n) is 5.55. The van der Waals surface area contributed by atoms with Crippen LogP contribution in [-0.4, -0.2) is 37.3 Å². The van der Waals surface area contributed by atoms with Gasteiger partial charge in [0.1, 0.15) is 6.61 Å². The lowest BCUT2D eigenvalue weighted by molar-refractivity contribution is 0.241. The average molecular weight is 269 g/mol. The zero-order valence-electron chi connectivity index (χ0n) is 10.5. The predicted octanol–water partition coefficient (Wildman–Crippen LogP) is 2.70. The van der Waals surface area contributed by atoms with Crippen molar-refractivity contribution in [2.75, 3.05) is 27.2 Å². The van der Waals surface area contributed by atoms with Crippen LogP contribution in [-0.2, 0) is 0 Å². The molecule has 2 aromatic rings. The van der Waals surface area contributed by atoms with Crippen molar-refractivity contribution >= 4 is 12.4 Å². The molecule has 0 bridgehead atoms. The number of likely N-dealkylation sites (N-methyl/N-ethyl adjacent to an activating group) is 1. The highest BCUT2D eigenvalue weighted by atomic mass is 35.5. The van der Waals surface area contributed by atoms with Crippen LogP contribution < -0.4 is 4.74 Å². The zero-order valence-corrected chi connectivity index (χ0v) is 11.3. The highest BCUT2D eigenvalue weighted by molar-refractivity contribution is 5.85.